The van der Waals surface area contributed by atoms with Crippen molar-refractivity contribution in [3.8, 4) is 5.75 Å². The van der Waals surface area contributed by atoms with Crippen molar-refractivity contribution in [2.75, 3.05) is 45.7 Å². The number of aromatic nitrogens is 1. The van der Waals surface area contributed by atoms with Gasteiger partial charge in [0.15, 0.2) is 0 Å². The molecule has 1 aromatic heterocycles. The fraction of sp³-hybridized carbons (Fsp3) is 0.269. The summed E-state index contributed by atoms with van der Waals surface area (Å²) in [5.74, 6) is 0.900. The van der Waals surface area contributed by atoms with Crippen LogP contribution in [0.5, 0.6) is 5.75 Å². The van der Waals surface area contributed by atoms with Gasteiger partial charge in [0.1, 0.15) is 11.6 Å². The second-order valence-electron chi connectivity index (χ2n) is 8.20. The first-order valence-corrected chi connectivity index (χ1v) is 11.2. The van der Waals surface area contributed by atoms with Gasteiger partial charge in [0.2, 0.25) is 0 Å². The summed E-state index contributed by atoms with van der Waals surface area (Å²) >= 11 is 0. The molecule has 8 nitrogen and oxygen atoms in total. The number of hydrogen-bond donors (Lipinski definition) is 2. The third kappa shape index (κ3) is 5.52. The number of para-hydroxylation sites is 2. The molecular formula is C26H29N5O3. The highest BCUT2D eigenvalue weighted by Gasteiger charge is 2.20. The molecule has 0 unspecified atom stereocenters. The zero-order chi connectivity index (χ0) is 23.9. The fourth-order valence-electron chi connectivity index (χ4n) is 3.80. The number of carbonyl (C=O) groups is 2. The van der Waals surface area contributed by atoms with Gasteiger partial charge in [-0.05, 0) is 49.0 Å². The van der Waals surface area contributed by atoms with Crippen LogP contribution in [0.25, 0.3) is 0 Å². The Morgan fingerprint density at radius 2 is 1.71 bits per heavy atom. The molecule has 0 radical (unpaired) electrons. The molecule has 176 valence electrons. The van der Waals surface area contributed by atoms with Crippen LogP contribution in [0.4, 0.5) is 11.5 Å². The zero-order valence-corrected chi connectivity index (χ0v) is 19.5. The Balaban J connectivity index is 1.38. The SMILES string of the molecule is COc1ccccc1Nc1ncccc1C(=O)NCc1ccc(C(=O)N2CCN(C)CC2)cc1. The third-order valence-electron chi connectivity index (χ3n) is 5.86. The molecule has 1 aliphatic heterocycles. The summed E-state index contributed by atoms with van der Waals surface area (Å²) < 4.78 is 5.37. The molecule has 1 aliphatic rings. The molecule has 4 rings (SSSR count). The van der Waals surface area contributed by atoms with E-state index in [1.54, 1.807) is 25.4 Å². The van der Waals surface area contributed by atoms with Gasteiger partial charge < -0.3 is 25.2 Å². The summed E-state index contributed by atoms with van der Waals surface area (Å²) in [6, 6.07) is 18.3. The van der Waals surface area contributed by atoms with E-state index >= 15 is 0 Å². The molecule has 0 spiro atoms. The maximum absolute atomic E-state index is 12.9. The van der Waals surface area contributed by atoms with E-state index in [0.29, 0.717) is 29.2 Å². The van der Waals surface area contributed by atoms with Gasteiger partial charge in [-0.1, -0.05) is 24.3 Å². The Morgan fingerprint density at radius 3 is 2.44 bits per heavy atom. The smallest absolute Gasteiger partial charge is 0.255 e. The van der Waals surface area contributed by atoms with Crippen LogP contribution in [-0.4, -0.2) is 66.9 Å². The second-order valence-corrected chi connectivity index (χ2v) is 8.20. The first-order chi connectivity index (χ1) is 16.5. The lowest BCUT2D eigenvalue weighted by Crippen LogP contribution is -2.47. The van der Waals surface area contributed by atoms with E-state index in [9.17, 15) is 9.59 Å². The first kappa shape index (κ1) is 23.3. The molecule has 0 aliphatic carbocycles. The number of methoxy groups -OCH3 is 1. The molecule has 8 heteroatoms. The number of benzene rings is 2. The number of carbonyl (C=O) groups excluding carboxylic acids is 2. The first-order valence-electron chi connectivity index (χ1n) is 11.2. The number of likely N-dealkylation sites (N-methyl/N-ethyl adjacent to an activating group) is 1. The van der Waals surface area contributed by atoms with Crippen molar-refractivity contribution in [3.05, 3.63) is 83.6 Å². The summed E-state index contributed by atoms with van der Waals surface area (Å²) in [4.78, 5) is 34.1. The molecule has 3 aromatic rings. The maximum Gasteiger partial charge on any atom is 0.255 e. The Bertz CT molecular complexity index is 1140. The van der Waals surface area contributed by atoms with Crippen LogP contribution < -0.4 is 15.4 Å². The average Bonchev–Trinajstić information content (AvgIpc) is 2.88. The summed E-state index contributed by atoms with van der Waals surface area (Å²) in [5.41, 5.74) is 2.72. The lowest BCUT2D eigenvalue weighted by molar-refractivity contribution is 0.0664. The topological polar surface area (TPSA) is 86.8 Å². The highest BCUT2D eigenvalue weighted by atomic mass is 16.5. The lowest BCUT2D eigenvalue weighted by atomic mass is 10.1. The van der Waals surface area contributed by atoms with Crippen LogP contribution in [0, 0.1) is 0 Å². The standard InChI is InChI=1S/C26H29N5O3/c1-30-14-16-31(17-15-30)26(33)20-11-9-19(10-12-20)18-28-25(32)21-6-5-13-27-24(21)29-22-7-3-4-8-23(22)34-2/h3-13H,14-18H2,1-2H3,(H,27,29)(H,28,32). The van der Waals surface area contributed by atoms with E-state index in [1.807, 2.05) is 53.4 Å². The number of amides is 2. The maximum atomic E-state index is 12.9. The molecule has 0 saturated carbocycles. The predicted octanol–water partition coefficient (Wildman–Crippen LogP) is 3.15. The van der Waals surface area contributed by atoms with Crippen molar-refractivity contribution >= 4 is 23.3 Å². The van der Waals surface area contributed by atoms with Gasteiger partial charge in [-0.25, -0.2) is 4.98 Å². The number of rotatable bonds is 7. The quantitative estimate of drug-likeness (QED) is 0.565. The van der Waals surface area contributed by atoms with Crippen molar-refractivity contribution in [3.63, 3.8) is 0 Å². The number of nitrogens with one attached hydrogen (secondary N) is 2. The summed E-state index contributed by atoms with van der Waals surface area (Å²) in [6.45, 7) is 3.59. The van der Waals surface area contributed by atoms with E-state index in [4.69, 9.17) is 4.74 Å². The summed E-state index contributed by atoms with van der Waals surface area (Å²) in [6.07, 6.45) is 1.63. The molecular weight excluding hydrogens is 430 g/mol. The third-order valence-corrected chi connectivity index (χ3v) is 5.86. The van der Waals surface area contributed by atoms with Gasteiger partial charge >= 0.3 is 0 Å². The molecule has 1 fully saturated rings. The molecule has 34 heavy (non-hydrogen) atoms. The van der Waals surface area contributed by atoms with E-state index in [-0.39, 0.29) is 11.8 Å². The number of piperazine rings is 1. The molecule has 2 N–H and O–H groups in total. The van der Waals surface area contributed by atoms with Crippen LogP contribution in [0.15, 0.2) is 66.9 Å². The summed E-state index contributed by atoms with van der Waals surface area (Å²) in [7, 11) is 3.66. The molecule has 2 aromatic carbocycles. The highest BCUT2D eigenvalue weighted by molar-refractivity contribution is 5.99. The van der Waals surface area contributed by atoms with Gasteiger partial charge in [0.05, 0.1) is 18.4 Å². The average molecular weight is 460 g/mol. The van der Waals surface area contributed by atoms with Gasteiger partial charge in [-0.2, -0.15) is 0 Å². The fourth-order valence-corrected chi connectivity index (χ4v) is 3.80. The zero-order valence-electron chi connectivity index (χ0n) is 19.5. The number of pyridine rings is 1. The van der Waals surface area contributed by atoms with Crippen molar-refractivity contribution in [1.29, 1.82) is 0 Å². The van der Waals surface area contributed by atoms with E-state index in [2.05, 4.69) is 27.6 Å². The van der Waals surface area contributed by atoms with Crippen LogP contribution in [0.3, 0.4) is 0 Å². The normalized spacial score (nSPS) is 13.9. The van der Waals surface area contributed by atoms with E-state index in [1.165, 1.54) is 0 Å². The number of anilines is 2. The lowest BCUT2D eigenvalue weighted by Gasteiger charge is -2.32. The van der Waals surface area contributed by atoms with Crippen molar-refractivity contribution in [1.82, 2.24) is 20.1 Å². The largest absolute Gasteiger partial charge is 0.495 e. The minimum Gasteiger partial charge on any atom is -0.495 e. The number of nitrogens with zero attached hydrogens (tertiary/aromatic N) is 3. The predicted molar refractivity (Wildman–Crippen MR) is 132 cm³/mol. The van der Waals surface area contributed by atoms with Crippen LogP contribution in [-0.2, 0) is 6.54 Å². The number of hydrogen-bond acceptors (Lipinski definition) is 6. The Labute approximate surface area is 199 Å². The van der Waals surface area contributed by atoms with Crippen LogP contribution >= 0.6 is 0 Å². The Morgan fingerprint density at radius 1 is 0.971 bits per heavy atom. The van der Waals surface area contributed by atoms with Gasteiger partial charge in [0.25, 0.3) is 11.8 Å². The Hall–Kier alpha value is -3.91. The molecule has 2 heterocycles. The minimum absolute atomic E-state index is 0.0473. The molecule has 2 amide bonds. The van der Waals surface area contributed by atoms with Gasteiger partial charge in [-0.3, -0.25) is 9.59 Å². The van der Waals surface area contributed by atoms with Crippen LogP contribution in [0.1, 0.15) is 26.3 Å². The van der Waals surface area contributed by atoms with Gasteiger partial charge in [0, 0.05) is 44.5 Å². The molecule has 0 atom stereocenters. The minimum atomic E-state index is -0.247. The molecule has 0 bridgehead atoms. The molecule has 1 saturated heterocycles. The second kappa shape index (κ2) is 10.8. The van der Waals surface area contributed by atoms with Crippen LogP contribution in [0.2, 0.25) is 0 Å². The Kier molecular flexibility index (Phi) is 7.39. The van der Waals surface area contributed by atoms with Crippen molar-refractivity contribution < 1.29 is 14.3 Å². The van der Waals surface area contributed by atoms with Crippen molar-refractivity contribution in [2.24, 2.45) is 0 Å². The van der Waals surface area contributed by atoms with Gasteiger partial charge in [-0.15, -0.1) is 0 Å². The van der Waals surface area contributed by atoms with Crippen molar-refractivity contribution in [2.45, 2.75) is 6.54 Å². The summed E-state index contributed by atoms with van der Waals surface area (Å²) in [5, 5.41) is 6.12. The van der Waals surface area contributed by atoms with E-state index in [0.717, 1.165) is 37.4 Å². The monoisotopic (exact) mass is 459 g/mol. The van der Waals surface area contributed by atoms with E-state index < -0.39 is 0 Å². The highest BCUT2D eigenvalue weighted by Crippen LogP contribution is 2.27. The number of ether oxygens (including phenoxy) is 1.